The molecule has 150 valence electrons. The molecule has 0 aliphatic carbocycles. The summed E-state index contributed by atoms with van der Waals surface area (Å²) in [5, 5.41) is 7.01. The third-order valence-corrected chi connectivity index (χ3v) is 5.46. The van der Waals surface area contributed by atoms with Gasteiger partial charge in [-0.3, -0.25) is 14.3 Å². The summed E-state index contributed by atoms with van der Waals surface area (Å²) in [5.74, 6) is 0.602. The lowest BCUT2D eigenvalue weighted by molar-refractivity contribution is -0.132. The average Bonchev–Trinajstić information content (AvgIpc) is 3.14. The third-order valence-electron chi connectivity index (χ3n) is 5.46. The lowest BCUT2D eigenvalue weighted by Crippen LogP contribution is -2.41. The summed E-state index contributed by atoms with van der Waals surface area (Å²) in [6.07, 6.45) is 7.62. The molecule has 1 aromatic carbocycles. The molecule has 0 unspecified atom stereocenters. The van der Waals surface area contributed by atoms with Crippen LogP contribution in [0.3, 0.4) is 0 Å². The van der Waals surface area contributed by atoms with Crippen molar-refractivity contribution < 1.29 is 9.59 Å². The molecule has 1 aliphatic rings. The molecule has 0 radical (unpaired) electrons. The van der Waals surface area contributed by atoms with Crippen LogP contribution >= 0.6 is 0 Å². The first-order valence-electron chi connectivity index (χ1n) is 10.1. The Morgan fingerprint density at radius 1 is 1.18 bits per heavy atom. The van der Waals surface area contributed by atoms with Crippen LogP contribution in [0, 0.1) is 12.8 Å². The third kappa shape index (κ3) is 5.68. The van der Waals surface area contributed by atoms with Crippen molar-refractivity contribution in [1.29, 1.82) is 0 Å². The Labute approximate surface area is 166 Å². The molecule has 1 fully saturated rings. The van der Waals surface area contributed by atoms with Crippen molar-refractivity contribution in [3.63, 3.8) is 0 Å². The van der Waals surface area contributed by atoms with Crippen molar-refractivity contribution in [1.82, 2.24) is 20.0 Å². The van der Waals surface area contributed by atoms with Gasteiger partial charge in [0.05, 0.1) is 11.8 Å². The van der Waals surface area contributed by atoms with Gasteiger partial charge in [0.1, 0.15) is 0 Å². The van der Waals surface area contributed by atoms with Gasteiger partial charge < -0.3 is 10.2 Å². The Balaban J connectivity index is 1.33. The zero-order valence-corrected chi connectivity index (χ0v) is 16.9. The van der Waals surface area contributed by atoms with Gasteiger partial charge in [-0.1, -0.05) is 29.8 Å². The summed E-state index contributed by atoms with van der Waals surface area (Å²) >= 11 is 0. The van der Waals surface area contributed by atoms with E-state index in [1.165, 1.54) is 11.1 Å². The Hall–Kier alpha value is -2.63. The highest BCUT2D eigenvalue weighted by Gasteiger charge is 2.23. The van der Waals surface area contributed by atoms with Crippen molar-refractivity contribution in [2.24, 2.45) is 13.0 Å². The number of hydrogen-bond donors (Lipinski definition) is 1. The number of likely N-dealkylation sites (tertiary alicyclic amines) is 1. The van der Waals surface area contributed by atoms with Crippen molar-refractivity contribution in [3.8, 4) is 0 Å². The largest absolute Gasteiger partial charge is 0.352 e. The van der Waals surface area contributed by atoms with Crippen LogP contribution in [0.15, 0.2) is 36.7 Å². The molecule has 0 spiro atoms. The summed E-state index contributed by atoms with van der Waals surface area (Å²) in [7, 11) is 1.80. The molecule has 1 aromatic heterocycles. The summed E-state index contributed by atoms with van der Waals surface area (Å²) in [6.45, 7) is 4.32. The number of aromatic nitrogens is 2. The highest BCUT2D eigenvalue weighted by Crippen LogP contribution is 2.18. The maximum atomic E-state index is 12.4. The van der Waals surface area contributed by atoms with E-state index in [1.54, 1.807) is 24.1 Å². The fourth-order valence-corrected chi connectivity index (χ4v) is 3.62. The van der Waals surface area contributed by atoms with Gasteiger partial charge in [0.2, 0.25) is 5.91 Å². The zero-order valence-electron chi connectivity index (χ0n) is 16.9. The number of nitrogens with zero attached hydrogens (tertiary/aromatic N) is 3. The first kappa shape index (κ1) is 20.1. The average molecular weight is 383 g/mol. The Kier molecular flexibility index (Phi) is 6.85. The van der Waals surface area contributed by atoms with E-state index < -0.39 is 0 Å². The topological polar surface area (TPSA) is 67.2 Å². The smallest absolute Gasteiger partial charge is 0.254 e. The minimum absolute atomic E-state index is 0.0808. The molecule has 3 rings (SSSR count). The van der Waals surface area contributed by atoms with E-state index >= 15 is 0 Å². The predicted octanol–water partition coefficient (Wildman–Crippen LogP) is 2.72. The number of carbonyl (C=O) groups excluding carboxylic acids is 2. The van der Waals surface area contributed by atoms with E-state index in [1.807, 2.05) is 4.90 Å². The summed E-state index contributed by atoms with van der Waals surface area (Å²) in [5.41, 5.74) is 3.14. The standard InChI is InChI=1S/C22H30N4O2/c1-17-6-8-18(9-7-17)4-3-5-21(27)26-12-10-19(11-13-26)14-23-22(28)20-15-24-25(2)16-20/h6-9,15-16,19H,3-5,10-14H2,1-2H3,(H,23,28). The van der Waals surface area contributed by atoms with Gasteiger partial charge in [-0.05, 0) is 44.1 Å². The lowest BCUT2D eigenvalue weighted by atomic mass is 9.96. The number of rotatable bonds is 7. The van der Waals surface area contributed by atoms with Crippen molar-refractivity contribution in [2.45, 2.75) is 39.0 Å². The van der Waals surface area contributed by atoms with Gasteiger partial charge >= 0.3 is 0 Å². The minimum atomic E-state index is -0.0808. The fraction of sp³-hybridized carbons (Fsp3) is 0.500. The van der Waals surface area contributed by atoms with Gasteiger partial charge in [-0.15, -0.1) is 0 Å². The molecule has 1 saturated heterocycles. The van der Waals surface area contributed by atoms with Gasteiger partial charge in [0.25, 0.3) is 5.91 Å². The van der Waals surface area contributed by atoms with E-state index in [-0.39, 0.29) is 11.8 Å². The molecule has 2 aromatic rings. The quantitative estimate of drug-likeness (QED) is 0.801. The number of aryl methyl sites for hydroxylation is 3. The Morgan fingerprint density at radius 2 is 1.89 bits per heavy atom. The molecule has 1 aliphatic heterocycles. The number of hydrogen-bond acceptors (Lipinski definition) is 3. The Bertz CT molecular complexity index is 789. The summed E-state index contributed by atoms with van der Waals surface area (Å²) < 4.78 is 1.62. The number of benzene rings is 1. The van der Waals surface area contributed by atoms with E-state index in [2.05, 4.69) is 41.6 Å². The van der Waals surface area contributed by atoms with E-state index in [0.29, 0.717) is 24.4 Å². The number of amides is 2. The fourth-order valence-electron chi connectivity index (χ4n) is 3.62. The first-order chi connectivity index (χ1) is 13.5. The highest BCUT2D eigenvalue weighted by atomic mass is 16.2. The normalized spacial score (nSPS) is 14.9. The molecule has 28 heavy (non-hydrogen) atoms. The van der Waals surface area contributed by atoms with Crippen LogP contribution in [0.5, 0.6) is 0 Å². The molecule has 6 nitrogen and oxygen atoms in total. The van der Waals surface area contributed by atoms with Crippen LogP contribution < -0.4 is 5.32 Å². The lowest BCUT2D eigenvalue weighted by Gasteiger charge is -2.32. The molecular formula is C22H30N4O2. The van der Waals surface area contributed by atoms with Crippen LogP contribution in [0.4, 0.5) is 0 Å². The Morgan fingerprint density at radius 3 is 2.54 bits per heavy atom. The van der Waals surface area contributed by atoms with E-state index in [9.17, 15) is 9.59 Å². The van der Waals surface area contributed by atoms with Gasteiger partial charge in [-0.2, -0.15) is 5.10 Å². The second-order valence-corrected chi connectivity index (χ2v) is 7.78. The minimum Gasteiger partial charge on any atom is -0.352 e. The van der Waals surface area contributed by atoms with Crippen LogP contribution in [0.1, 0.15) is 47.2 Å². The summed E-state index contributed by atoms with van der Waals surface area (Å²) in [6, 6.07) is 8.53. The van der Waals surface area contributed by atoms with Crippen molar-refractivity contribution >= 4 is 11.8 Å². The maximum Gasteiger partial charge on any atom is 0.254 e. The van der Waals surface area contributed by atoms with Crippen LogP contribution in [-0.4, -0.2) is 46.1 Å². The molecule has 1 N–H and O–H groups in total. The number of carbonyl (C=O) groups is 2. The second-order valence-electron chi connectivity index (χ2n) is 7.78. The molecule has 0 atom stereocenters. The molecule has 0 saturated carbocycles. The second kappa shape index (κ2) is 9.53. The van der Waals surface area contributed by atoms with E-state index in [4.69, 9.17) is 0 Å². The maximum absolute atomic E-state index is 12.4. The van der Waals surface area contributed by atoms with Crippen molar-refractivity contribution in [3.05, 3.63) is 53.3 Å². The molecule has 6 heteroatoms. The first-order valence-corrected chi connectivity index (χ1v) is 10.1. The van der Waals surface area contributed by atoms with Gasteiger partial charge in [0.15, 0.2) is 0 Å². The molecule has 2 amide bonds. The van der Waals surface area contributed by atoms with Crippen molar-refractivity contribution in [2.75, 3.05) is 19.6 Å². The SMILES string of the molecule is Cc1ccc(CCCC(=O)N2CCC(CNC(=O)c3cnn(C)c3)CC2)cc1. The predicted molar refractivity (Wildman–Crippen MR) is 109 cm³/mol. The van der Waals surface area contributed by atoms with Gasteiger partial charge in [-0.25, -0.2) is 0 Å². The molecular weight excluding hydrogens is 352 g/mol. The van der Waals surface area contributed by atoms with E-state index in [0.717, 1.165) is 38.8 Å². The van der Waals surface area contributed by atoms with Crippen LogP contribution in [-0.2, 0) is 18.3 Å². The van der Waals surface area contributed by atoms with Crippen LogP contribution in [0.2, 0.25) is 0 Å². The number of nitrogens with one attached hydrogen (secondary N) is 1. The molecule has 0 bridgehead atoms. The zero-order chi connectivity index (χ0) is 19.9. The number of piperidine rings is 1. The van der Waals surface area contributed by atoms with Gasteiger partial charge in [0, 0.05) is 39.3 Å². The van der Waals surface area contributed by atoms with Crippen LogP contribution in [0.25, 0.3) is 0 Å². The summed E-state index contributed by atoms with van der Waals surface area (Å²) in [4.78, 5) is 26.5. The monoisotopic (exact) mass is 382 g/mol. The molecule has 2 heterocycles. The highest BCUT2D eigenvalue weighted by molar-refractivity contribution is 5.93.